The molecule has 2 rings (SSSR count). The molecule has 0 saturated carbocycles. The smallest absolute Gasteiger partial charge is 0.257 e. The first-order chi connectivity index (χ1) is 8.20. The number of aryl methyl sites for hydroxylation is 1. The van der Waals surface area contributed by atoms with Crippen molar-refractivity contribution in [1.29, 1.82) is 0 Å². The van der Waals surface area contributed by atoms with Gasteiger partial charge in [0.15, 0.2) is 5.13 Å². The van der Waals surface area contributed by atoms with Crippen LogP contribution in [0.4, 0.5) is 5.13 Å². The van der Waals surface area contributed by atoms with Crippen LogP contribution in [0.15, 0.2) is 22.3 Å². The summed E-state index contributed by atoms with van der Waals surface area (Å²) in [6.07, 6.45) is 1.06. The molecular formula is C12H15N3OS. The van der Waals surface area contributed by atoms with Gasteiger partial charge in [0, 0.05) is 17.6 Å². The zero-order valence-electron chi connectivity index (χ0n) is 9.91. The highest BCUT2D eigenvalue weighted by Gasteiger charge is 2.07. The lowest BCUT2D eigenvalue weighted by atomic mass is 10.2. The first kappa shape index (κ1) is 11.9. The Morgan fingerprint density at radius 3 is 3.00 bits per heavy atom. The molecule has 0 amide bonds. The Morgan fingerprint density at radius 2 is 2.29 bits per heavy atom. The summed E-state index contributed by atoms with van der Waals surface area (Å²) < 4.78 is 0. The van der Waals surface area contributed by atoms with E-state index in [1.165, 1.54) is 11.3 Å². The summed E-state index contributed by atoms with van der Waals surface area (Å²) >= 11 is 1.52. The number of hydrogen-bond acceptors (Lipinski definition) is 4. The van der Waals surface area contributed by atoms with Crippen LogP contribution in [0.5, 0.6) is 0 Å². The second kappa shape index (κ2) is 5.14. The molecule has 0 aromatic carbocycles. The predicted molar refractivity (Wildman–Crippen MR) is 71.7 cm³/mol. The van der Waals surface area contributed by atoms with Crippen molar-refractivity contribution in [3.05, 3.63) is 33.6 Å². The van der Waals surface area contributed by atoms with Crippen molar-refractivity contribution in [3.63, 3.8) is 0 Å². The van der Waals surface area contributed by atoms with Crippen LogP contribution in [0, 0.1) is 6.92 Å². The fourth-order valence-electron chi connectivity index (χ4n) is 1.48. The molecule has 0 fully saturated rings. The molecule has 0 atom stereocenters. The molecule has 0 spiro atoms. The average molecular weight is 249 g/mol. The van der Waals surface area contributed by atoms with Crippen LogP contribution < -0.4 is 10.9 Å². The van der Waals surface area contributed by atoms with Crippen LogP contribution >= 0.6 is 11.3 Å². The monoisotopic (exact) mass is 249 g/mol. The SMILES string of the molecule is CCCNc1nc(-c2ccc(C)[nH]c2=O)cs1. The highest BCUT2D eigenvalue weighted by atomic mass is 32.1. The first-order valence-corrected chi connectivity index (χ1v) is 6.48. The lowest BCUT2D eigenvalue weighted by Crippen LogP contribution is -2.09. The third-order valence-corrected chi connectivity index (χ3v) is 3.16. The number of nitrogens with one attached hydrogen (secondary N) is 2. The molecule has 0 saturated heterocycles. The molecule has 2 heterocycles. The fraction of sp³-hybridized carbons (Fsp3) is 0.333. The van der Waals surface area contributed by atoms with Crippen molar-refractivity contribution in [2.45, 2.75) is 20.3 Å². The minimum atomic E-state index is -0.0858. The quantitative estimate of drug-likeness (QED) is 0.875. The number of H-pyrrole nitrogens is 1. The summed E-state index contributed by atoms with van der Waals surface area (Å²) in [7, 11) is 0. The Balaban J connectivity index is 2.27. The summed E-state index contributed by atoms with van der Waals surface area (Å²) in [4.78, 5) is 18.9. The summed E-state index contributed by atoms with van der Waals surface area (Å²) in [5.41, 5.74) is 2.13. The minimum absolute atomic E-state index is 0.0858. The molecule has 4 nitrogen and oxygen atoms in total. The van der Waals surface area contributed by atoms with Crippen molar-refractivity contribution in [3.8, 4) is 11.3 Å². The predicted octanol–water partition coefficient (Wildman–Crippen LogP) is 2.63. The summed E-state index contributed by atoms with van der Waals surface area (Å²) in [6, 6.07) is 3.70. The summed E-state index contributed by atoms with van der Waals surface area (Å²) in [5.74, 6) is 0. The van der Waals surface area contributed by atoms with Crippen LogP contribution in [0.2, 0.25) is 0 Å². The Kier molecular flexibility index (Phi) is 3.58. The Hall–Kier alpha value is -1.62. The minimum Gasteiger partial charge on any atom is -0.362 e. The number of nitrogens with zero attached hydrogens (tertiary/aromatic N) is 1. The molecule has 0 aliphatic rings. The molecule has 17 heavy (non-hydrogen) atoms. The van der Waals surface area contributed by atoms with Gasteiger partial charge in [0.2, 0.25) is 0 Å². The number of rotatable bonds is 4. The van der Waals surface area contributed by atoms with E-state index in [4.69, 9.17) is 0 Å². The van der Waals surface area contributed by atoms with Gasteiger partial charge in [-0.05, 0) is 25.5 Å². The fourth-order valence-corrected chi connectivity index (χ4v) is 2.22. The van der Waals surface area contributed by atoms with E-state index in [0.29, 0.717) is 5.56 Å². The number of aromatic amines is 1. The maximum absolute atomic E-state index is 11.8. The van der Waals surface area contributed by atoms with Crippen molar-refractivity contribution in [1.82, 2.24) is 9.97 Å². The van der Waals surface area contributed by atoms with Gasteiger partial charge in [-0.25, -0.2) is 4.98 Å². The zero-order chi connectivity index (χ0) is 12.3. The highest BCUT2D eigenvalue weighted by molar-refractivity contribution is 7.14. The van der Waals surface area contributed by atoms with Gasteiger partial charge < -0.3 is 10.3 Å². The molecule has 0 unspecified atom stereocenters. The van der Waals surface area contributed by atoms with Gasteiger partial charge >= 0.3 is 0 Å². The number of anilines is 1. The summed E-state index contributed by atoms with van der Waals surface area (Å²) in [6.45, 7) is 4.86. The molecule has 2 N–H and O–H groups in total. The van der Waals surface area contributed by atoms with Gasteiger partial charge in [0.25, 0.3) is 5.56 Å². The third kappa shape index (κ3) is 2.74. The summed E-state index contributed by atoms with van der Waals surface area (Å²) in [5, 5.41) is 5.97. The zero-order valence-corrected chi connectivity index (χ0v) is 10.7. The largest absolute Gasteiger partial charge is 0.362 e. The first-order valence-electron chi connectivity index (χ1n) is 5.60. The van der Waals surface area contributed by atoms with Crippen LogP contribution in [-0.2, 0) is 0 Å². The van der Waals surface area contributed by atoms with E-state index < -0.39 is 0 Å². The molecule has 5 heteroatoms. The van der Waals surface area contributed by atoms with Gasteiger partial charge in [-0.3, -0.25) is 4.79 Å². The van der Waals surface area contributed by atoms with E-state index in [1.54, 1.807) is 0 Å². The van der Waals surface area contributed by atoms with Crippen LogP contribution in [-0.4, -0.2) is 16.5 Å². The van der Waals surface area contributed by atoms with E-state index in [2.05, 4.69) is 22.2 Å². The Labute approximate surface area is 104 Å². The molecule has 90 valence electrons. The van der Waals surface area contributed by atoms with Gasteiger partial charge in [-0.15, -0.1) is 11.3 Å². The lowest BCUT2D eigenvalue weighted by molar-refractivity contribution is 0.976. The van der Waals surface area contributed by atoms with E-state index in [0.717, 1.165) is 29.5 Å². The molecule has 0 radical (unpaired) electrons. The topological polar surface area (TPSA) is 57.8 Å². The standard InChI is InChI=1S/C12H15N3OS/c1-3-6-13-12-15-10(7-17-12)9-5-4-8(2)14-11(9)16/h4-5,7H,3,6H2,1-2H3,(H,13,15)(H,14,16). The van der Waals surface area contributed by atoms with Crippen molar-refractivity contribution in [2.75, 3.05) is 11.9 Å². The third-order valence-electron chi connectivity index (χ3n) is 2.36. The Bertz CT molecular complexity index is 559. The van der Waals surface area contributed by atoms with E-state index >= 15 is 0 Å². The molecule has 0 aliphatic heterocycles. The molecule has 2 aromatic rings. The molecule has 0 aliphatic carbocycles. The second-order valence-electron chi connectivity index (χ2n) is 3.85. The van der Waals surface area contributed by atoms with Crippen LogP contribution in [0.1, 0.15) is 19.0 Å². The van der Waals surface area contributed by atoms with Gasteiger partial charge in [0.1, 0.15) is 0 Å². The number of pyridine rings is 1. The molecule has 0 bridgehead atoms. The van der Waals surface area contributed by atoms with E-state index in [1.807, 2.05) is 24.4 Å². The van der Waals surface area contributed by atoms with Gasteiger partial charge in [-0.2, -0.15) is 0 Å². The maximum Gasteiger partial charge on any atom is 0.257 e. The normalized spacial score (nSPS) is 10.5. The highest BCUT2D eigenvalue weighted by Crippen LogP contribution is 2.22. The second-order valence-corrected chi connectivity index (χ2v) is 4.71. The molecular weight excluding hydrogens is 234 g/mol. The van der Waals surface area contributed by atoms with Crippen LogP contribution in [0.25, 0.3) is 11.3 Å². The van der Waals surface area contributed by atoms with Crippen LogP contribution in [0.3, 0.4) is 0 Å². The van der Waals surface area contributed by atoms with Gasteiger partial charge in [0.05, 0.1) is 11.3 Å². The number of hydrogen-bond donors (Lipinski definition) is 2. The average Bonchev–Trinajstić information content (AvgIpc) is 2.75. The van der Waals surface area contributed by atoms with E-state index in [-0.39, 0.29) is 5.56 Å². The Morgan fingerprint density at radius 1 is 1.47 bits per heavy atom. The van der Waals surface area contributed by atoms with Crippen molar-refractivity contribution in [2.24, 2.45) is 0 Å². The van der Waals surface area contributed by atoms with Crippen molar-refractivity contribution >= 4 is 16.5 Å². The number of aromatic nitrogens is 2. The maximum atomic E-state index is 11.8. The lowest BCUT2D eigenvalue weighted by Gasteiger charge is -1.98. The van der Waals surface area contributed by atoms with Crippen molar-refractivity contribution < 1.29 is 0 Å². The van der Waals surface area contributed by atoms with Gasteiger partial charge in [-0.1, -0.05) is 6.92 Å². The van der Waals surface area contributed by atoms with E-state index in [9.17, 15) is 4.79 Å². The molecule has 2 aromatic heterocycles. The number of thiazole rings is 1.